The summed E-state index contributed by atoms with van der Waals surface area (Å²) in [5.74, 6) is -8.79. The number of benzene rings is 1. The summed E-state index contributed by atoms with van der Waals surface area (Å²) < 4.78 is 0. The molecular formula is C55H95N21O11. The monoisotopic (exact) mass is 1230 g/mol. The van der Waals surface area contributed by atoms with Crippen molar-refractivity contribution in [2.75, 3.05) is 33.3 Å². The predicted molar refractivity (Wildman–Crippen MR) is 327 cm³/mol. The van der Waals surface area contributed by atoms with Gasteiger partial charge in [-0.2, -0.15) is 0 Å². The number of rotatable bonds is 41. The van der Waals surface area contributed by atoms with Gasteiger partial charge < -0.3 is 103 Å². The average molecular weight is 1230 g/mol. The van der Waals surface area contributed by atoms with E-state index < -0.39 is 114 Å². The zero-order valence-corrected chi connectivity index (χ0v) is 50.9. The zero-order chi connectivity index (χ0) is 65.3. The molecule has 0 radical (unpaired) electrons. The Kier molecular flexibility index (Phi) is 33.3. The number of primary amides is 1. The van der Waals surface area contributed by atoms with Crippen molar-refractivity contribution in [1.29, 1.82) is 0 Å². The molecule has 32 nitrogen and oxygen atoms in total. The van der Waals surface area contributed by atoms with E-state index in [2.05, 4.69) is 72.8 Å². The molecule has 486 valence electrons. The Bertz CT molecular complexity index is 2610. The van der Waals surface area contributed by atoms with Crippen molar-refractivity contribution in [3.8, 4) is 5.75 Å². The number of likely N-dealkylation sites (N-methyl/N-ethyl adjacent to an activating group) is 1. The number of aliphatic hydroxyl groups excluding tert-OH is 1. The van der Waals surface area contributed by atoms with E-state index in [1.54, 1.807) is 60.7 Å². The van der Waals surface area contributed by atoms with E-state index in [4.69, 9.17) is 40.1 Å². The summed E-state index contributed by atoms with van der Waals surface area (Å²) in [6, 6.07) is -5.46. The molecule has 0 spiro atoms. The number of nitrogens with two attached hydrogens (primary N) is 7. The van der Waals surface area contributed by atoms with E-state index in [1.807, 2.05) is 0 Å². The van der Waals surface area contributed by atoms with Crippen LogP contribution in [0.15, 0.2) is 51.8 Å². The molecule has 0 aliphatic rings. The number of H-pyrrole nitrogens is 1. The van der Waals surface area contributed by atoms with Crippen molar-refractivity contribution in [1.82, 2.24) is 57.8 Å². The third-order valence-corrected chi connectivity index (χ3v) is 13.7. The van der Waals surface area contributed by atoms with Crippen LogP contribution in [-0.2, 0) is 56.0 Å². The van der Waals surface area contributed by atoms with Crippen LogP contribution in [0.5, 0.6) is 5.75 Å². The number of carbonyl (C=O) groups excluding carboxylic acids is 9. The van der Waals surface area contributed by atoms with Crippen LogP contribution < -0.4 is 88.0 Å². The van der Waals surface area contributed by atoms with E-state index in [0.29, 0.717) is 17.7 Å². The van der Waals surface area contributed by atoms with Gasteiger partial charge in [-0.25, -0.2) is 4.98 Å². The number of aromatic amines is 1. The summed E-state index contributed by atoms with van der Waals surface area (Å²) in [5, 5.41) is 44.2. The second-order valence-electron chi connectivity index (χ2n) is 22.0. The molecule has 32 heteroatoms. The predicted octanol–water partition coefficient (Wildman–Crippen LogP) is -4.86. The van der Waals surface area contributed by atoms with Gasteiger partial charge in [-0.15, -0.1) is 0 Å². The fraction of sp³-hybridized carbons (Fsp3) is 0.618. The Balaban J connectivity index is 2.57. The minimum Gasteiger partial charge on any atom is -0.508 e. The molecule has 0 unspecified atom stereocenters. The van der Waals surface area contributed by atoms with E-state index in [0.717, 1.165) is 0 Å². The summed E-state index contributed by atoms with van der Waals surface area (Å²) in [5.41, 5.74) is 40.1. The highest BCUT2D eigenvalue weighted by molar-refractivity contribution is 5.98. The molecular weight excluding hydrogens is 1130 g/mol. The maximum Gasteiger partial charge on any atom is 0.245 e. The number of guanidine groups is 3. The number of nitrogens with zero attached hydrogens (tertiary/aromatic N) is 4. The minimum absolute atomic E-state index is 0.00336. The number of aliphatic hydroxyl groups is 1. The zero-order valence-electron chi connectivity index (χ0n) is 50.9. The smallest absolute Gasteiger partial charge is 0.245 e. The summed E-state index contributed by atoms with van der Waals surface area (Å²) in [6.07, 6.45) is 3.48. The molecule has 0 fully saturated rings. The van der Waals surface area contributed by atoms with Crippen LogP contribution in [0.4, 0.5) is 0 Å². The number of carbonyl (C=O) groups is 9. The number of hydrogen-bond donors (Lipinski definition) is 19. The van der Waals surface area contributed by atoms with Gasteiger partial charge in [0, 0.05) is 37.9 Å². The van der Waals surface area contributed by atoms with E-state index in [1.165, 1.54) is 24.7 Å². The first-order chi connectivity index (χ1) is 41.1. The van der Waals surface area contributed by atoms with E-state index in [9.17, 15) is 53.4 Å². The van der Waals surface area contributed by atoms with Gasteiger partial charge in [0.05, 0.1) is 19.0 Å². The summed E-state index contributed by atoms with van der Waals surface area (Å²) in [4.78, 5) is 145. The van der Waals surface area contributed by atoms with Crippen LogP contribution in [0.2, 0.25) is 0 Å². The van der Waals surface area contributed by atoms with E-state index in [-0.39, 0.29) is 125 Å². The molecule has 0 aliphatic carbocycles. The first-order valence-corrected chi connectivity index (χ1v) is 29.0. The molecule has 0 saturated carbocycles. The van der Waals surface area contributed by atoms with Crippen LogP contribution in [-0.4, -0.2) is 179 Å². The number of phenolic OH excluding ortho intramolecular Hbond substituents is 1. The lowest BCUT2D eigenvalue weighted by Crippen LogP contribution is -2.61. The maximum atomic E-state index is 14.7. The van der Waals surface area contributed by atoms with Crippen molar-refractivity contribution in [3.63, 3.8) is 0 Å². The highest BCUT2D eigenvalue weighted by Gasteiger charge is 2.36. The third-order valence-electron chi connectivity index (χ3n) is 13.7. The van der Waals surface area contributed by atoms with Gasteiger partial charge in [0.15, 0.2) is 17.9 Å². The van der Waals surface area contributed by atoms with Gasteiger partial charge in [0.25, 0.3) is 0 Å². The average Bonchev–Trinajstić information content (AvgIpc) is 4.14. The van der Waals surface area contributed by atoms with Gasteiger partial charge in [-0.3, -0.25) is 58.1 Å². The maximum absolute atomic E-state index is 14.7. The van der Waals surface area contributed by atoms with Crippen LogP contribution in [0, 0.1) is 17.8 Å². The lowest BCUT2D eigenvalue weighted by molar-refractivity contribution is -0.136. The molecule has 1 aromatic carbocycles. The molecule has 0 saturated heterocycles. The lowest BCUT2D eigenvalue weighted by atomic mass is 9.98. The van der Waals surface area contributed by atoms with Crippen molar-refractivity contribution in [3.05, 3.63) is 48.0 Å². The summed E-state index contributed by atoms with van der Waals surface area (Å²) in [6.45, 7) is 9.85. The molecule has 1 heterocycles. The lowest BCUT2D eigenvalue weighted by Gasteiger charge is -2.29. The molecule has 2 aromatic rings. The molecule has 2 rings (SSSR count). The SMILES string of the molecule is CC[C@H](C)[C@H](NC(=O)[C@H](CO)NC(=O)[C@H](CC(C)C)NC(=O)[C@H](CC(C)C)NC(=O)[C@@H](CCCN=C(N)N)NC(=O)[C@H](CCCN=C(N)N)NC(=O)[C@H](Cc1cnc[nH]1)NC(=O)[C@H](CCCN=C(N)N)NC(=O)[C@H](Cc1ccc(O)cc1)NC)C(N)=O. The van der Waals surface area contributed by atoms with Gasteiger partial charge in [-0.1, -0.05) is 60.1 Å². The first kappa shape index (κ1) is 74.3. The first-order valence-electron chi connectivity index (χ1n) is 29.0. The number of phenols is 1. The van der Waals surface area contributed by atoms with Crippen molar-refractivity contribution < 1.29 is 53.4 Å². The number of hydrogen-bond acceptors (Lipinski definition) is 16. The highest BCUT2D eigenvalue weighted by Crippen LogP contribution is 2.15. The Morgan fingerprint density at radius 3 is 1.24 bits per heavy atom. The summed E-state index contributed by atoms with van der Waals surface area (Å²) in [7, 11) is 1.56. The molecule has 0 aliphatic heterocycles. The van der Waals surface area contributed by atoms with Crippen LogP contribution in [0.3, 0.4) is 0 Å². The fourth-order valence-electron chi connectivity index (χ4n) is 8.83. The standard InChI is InChI=1S/C55H95N21O11/c1-8-31(6)43(44(56)79)76-52(87)42(27-77)75-50(85)40(23-30(4)5)73-49(84)39(22-29(2)3)72-46(81)36(13-10-20-66-54(59)60)69-45(80)35(12-9-19-65-53(57)58)71-51(86)41(25-33-26-64-28-68-33)74-47(82)37(14-11-21-67-55(61)62)70-48(83)38(63-7)24-32-15-17-34(78)18-16-32/h15-18,26,28-31,35-43,63,77-78H,8-14,19-25,27H2,1-7H3,(H2,56,79)(H,64,68)(H,69,80)(H,70,83)(H,71,86)(H,72,81)(H,73,84)(H,74,82)(H,75,85)(H,76,87)(H4,57,58,65)(H4,59,60,66)(H4,61,62,67)/t31-,35-,36+,37-,38-,39-,40-,41-,42-,43-/m0/s1. The van der Waals surface area contributed by atoms with Gasteiger partial charge in [0.1, 0.15) is 54.1 Å². The molecule has 1 aromatic heterocycles. The Morgan fingerprint density at radius 1 is 0.517 bits per heavy atom. The second kappa shape index (κ2) is 39.0. The molecule has 9 amide bonds. The number of aliphatic imine (C=N–C) groups is 3. The Morgan fingerprint density at radius 2 is 0.885 bits per heavy atom. The highest BCUT2D eigenvalue weighted by atomic mass is 16.3. The van der Waals surface area contributed by atoms with Gasteiger partial charge >= 0.3 is 0 Å². The number of imidazole rings is 1. The van der Waals surface area contributed by atoms with Crippen LogP contribution in [0.1, 0.15) is 111 Å². The van der Waals surface area contributed by atoms with Gasteiger partial charge in [0.2, 0.25) is 53.2 Å². The summed E-state index contributed by atoms with van der Waals surface area (Å²) >= 11 is 0. The molecule has 26 N–H and O–H groups in total. The topological polar surface area (TPSA) is 550 Å². The molecule has 10 atom stereocenters. The fourth-order valence-corrected chi connectivity index (χ4v) is 8.83. The van der Waals surface area contributed by atoms with Crippen molar-refractivity contribution in [2.45, 2.75) is 167 Å². The normalized spacial score (nSPS) is 14.6. The van der Waals surface area contributed by atoms with Crippen LogP contribution in [0.25, 0.3) is 0 Å². The molecule has 0 bridgehead atoms. The van der Waals surface area contributed by atoms with Crippen molar-refractivity contribution >= 4 is 71.0 Å². The third kappa shape index (κ3) is 28.8. The van der Waals surface area contributed by atoms with E-state index >= 15 is 0 Å². The Hall–Kier alpha value is -8.81. The number of amides is 9. The molecule has 87 heavy (non-hydrogen) atoms. The number of aromatic hydroxyl groups is 1. The van der Waals surface area contributed by atoms with Crippen LogP contribution >= 0.6 is 0 Å². The second-order valence-corrected chi connectivity index (χ2v) is 22.0. The van der Waals surface area contributed by atoms with Crippen molar-refractivity contribution in [2.24, 2.45) is 72.9 Å². The largest absolute Gasteiger partial charge is 0.508 e. The Labute approximate surface area is 507 Å². The number of aromatic nitrogens is 2. The van der Waals surface area contributed by atoms with Gasteiger partial charge in [-0.05, 0) is 100 Å². The number of nitrogens with one attached hydrogen (secondary N) is 10. The quantitative estimate of drug-likeness (QED) is 0.0169. The minimum atomic E-state index is -1.54.